The van der Waals surface area contributed by atoms with Gasteiger partial charge in [0.25, 0.3) is 11.8 Å². The highest BCUT2D eigenvalue weighted by Crippen LogP contribution is 2.40. The minimum Gasteiger partial charge on any atom is -0.347 e. The lowest BCUT2D eigenvalue weighted by atomic mass is 9.93. The number of likely N-dealkylation sites (tertiary alicyclic amines) is 1. The average molecular weight is 638 g/mol. The van der Waals surface area contributed by atoms with Crippen LogP contribution in [0.1, 0.15) is 25.3 Å². The third kappa shape index (κ3) is 6.76. The first-order chi connectivity index (χ1) is 19.4. The summed E-state index contributed by atoms with van der Waals surface area (Å²) in [5, 5.41) is 2.40. The third-order valence-corrected chi connectivity index (χ3v) is 9.34. The molecule has 0 unspecified atom stereocenters. The molecule has 0 radical (unpaired) electrons. The van der Waals surface area contributed by atoms with Crippen molar-refractivity contribution in [2.75, 3.05) is 26.2 Å². The van der Waals surface area contributed by atoms with E-state index in [9.17, 15) is 40.0 Å². The van der Waals surface area contributed by atoms with Gasteiger partial charge in [0.05, 0.1) is 23.5 Å². The Morgan fingerprint density at radius 3 is 2.21 bits per heavy atom. The number of hydrogen-bond donors (Lipinski definition) is 1. The van der Waals surface area contributed by atoms with Gasteiger partial charge in [0.2, 0.25) is 15.9 Å². The number of piperidine rings is 1. The Bertz CT molecular complexity index is 1500. The van der Waals surface area contributed by atoms with Gasteiger partial charge in [0.15, 0.2) is 5.67 Å². The van der Waals surface area contributed by atoms with Crippen molar-refractivity contribution in [1.29, 1.82) is 0 Å². The summed E-state index contributed by atoms with van der Waals surface area (Å²) >= 11 is 6.18. The van der Waals surface area contributed by atoms with Crippen molar-refractivity contribution in [2.45, 2.75) is 48.5 Å². The highest BCUT2D eigenvalue weighted by Gasteiger charge is 2.46. The van der Waals surface area contributed by atoms with Crippen molar-refractivity contribution < 1.29 is 44.3 Å². The molecule has 2 aromatic carbocycles. The molecule has 2 saturated heterocycles. The number of carbonyl (C=O) groups is 2. The molecule has 1 atom stereocenters. The Kier molecular flexibility index (Phi) is 8.74. The summed E-state index contributed by atoms with van der Waals surface area (Å²) in [7, 11) is -4.45. The van der Waals surface area contributed by atoms with Gasteiger partial charge in [-0.15, -0.1) is 0 Å². The molecule has 15 heteroatoms. The van der Waals surface area contributed by atoms with Gasteiger partial charge >= 0.3 is 6.18 Å². The van der Waals surface area contributed by atoms with E-state index in [1.807, 2.05) is 0 Å². The summed E-state index contributed by atoms with van der Waals surface area (Å²) in [4.78, 5) is 25.1. The molecule has 2 aliphatic rings. The van der Waals surface area contributed by atoms with Crippen LogP contribution in [-0.2, 0) is 25.8 Å². The minimum atomic E-state index is -4.76. The first-order valence-electron chi connectivity index (χ1n) is 12.7. The van der Waals surface area contributed by atoms with E-state index in [0.717, 1.165) is 21.3 Å². The largest absolute Gasteiger partial charge is 0.416 e. The molecule has 0 bridgehead atoms. The molecule has 0 aliphatic carbocycles. The molecule has 0 saturated carbocycles. The fourth-order valence-electron chi connectivity index (χ4n) is 4.65. The van der Waals surface area contributed by atoms with Gasteiger partial charge < -0.3 is 10.2 Å². The van der Waals surface area contributed by atoms with Gasteiger partial charge in [-0.25, -0.2) is 21.6 Å². The first-order valence-corrected chi connectivity index (χ1v) is 14.6. The summed E-state index contributed by atoms with van der Waals surface area (Å²) in [5.41, 5.74) is -3.77. The summed E-state index contributed by atoms with van der Waals surface area (Å²) < 4.78 is 110. The number of benzene rings is 2. The second-order valence-electron chi connectivity index (χ2n) is 10.2. The number of alkyl halides is 6. The number of rotatable bonds is 7. The molecule has 2 aromatic rings. The van der Waals surface area contributed by atoms with E-state index in [2.05, 4.69) is 5.32 Å². The molecule has 4 rings (SSSR count). The fourth-order valence-corrected chi connectivity index (χ4v) is 6.52. The number of nitrogens with zero attached hydrogens (tertiary/aromatic N) is 2. The SMILES string of the molecule is C[C@H](/C=C/C(=O)N1CC(F)(F)C1)NC(=O)C1(F)CCN(S(=O)(=O)c2ccc(C(F)(F)F)cc2-c2ccccc2Cl)CC1. The second kappa shape index (κ2) is 11.5. The zero-order valence-corrected chi connectivity index (χ0v) is 23.7. The van der Waals surface area contributed by atoms with E-state index in [1.54, 1.807) is 0 Å². The van der Waals surface area contributed by atoms with Crippen LogP contribution in [-0.4, -0.2) is 73.2 Å². The van der Waals surface area contributed by atoms with Gasteiger partial charge in [0.1, 0.15) is 0 Å². The standard InChI is InChI=1S/C27H26ClF6N3O4S/c1-17(6-9-23(38)36-15-26(30,31)16-36)35-24(39)25(29)10-12-37(13-11-25)42(40,41)22-8-7-18(27(32,33)34)14-20(22)19-4-2-3-5-21(19)28/h2-9,14,17H,10-13,15-16H2,1H3,(H,35,39)/b9-6+/t17-/m1/s1. The lowest BCUT2D eigenvalue weighted by molar-refractivity contribution is -0.160. The predicted octanol–water partition coefficient (Wildman–Crippen LogP) is 5.06. The number of hydrogen-bond acceptors (Lipinski definition) is 4. The summed E-state index contributed by atoms with van der Waals surface area (Å²) in [5.74, 6) is -4.67. The summed E-state index contributed by atoms with van der Waals surface area (Å²) in [6, 6.07) is 7.12. The zero-order chi connectivity index (χ0) is 31.1. The Hall–Kier alpha value is -3.10. The maximum Gasteiger partial charge on any atom is 0.416 e. The van der Waals surface area contributed by atoms with Crippen LogP contribution in [0.25, 0.3) is 11.1 Å². The lowest BCUT2D eigenvalue weighted by Gasteiger charge is -2.38. The molecule has 0 aromatic heterocycles. The van der Waals surface area contributed by atoms with Crippen molar-refractivity contribution in [3.63, 3.8) is 0 Å². The first kappa shape index (κ1) is 31.8. The third-order valence-electron chi connectivity index (χ3n) is 7.05. The molecule has 2 amide bonds. The zero-order valence-electron chi connectivity index (χ0n) is 22.1. The van der Waals surface area contributed by atoms with E-state index in [-0.39, 0.29) is 16.1 Å². The quantitative estimate of drug-likeness (QED) is 0.340. The van der Waals surface area contributed by atoms with Gasteiger partial charge in [0, 0.05) is 54.2 Å². The molecular formula is C27H26ClF6N3O4S. The van der Waals surface area contributed by atoms with Crippen LogP contribution in [0.4, 0.5) is 26.3 Å². The van der Waals surface area contributed by atoms with E-state index in [1.165, 1.54) is 37.3 Å². The van der Waals surface area contributed by atoms with E-state index < -0.39 is 95.1 Å². The van der Waals surface area contributed by atoms with Gasteiger partial charge in [-0.3, -0.25) is 9.59 Å². The van der Waals surface area contributed by atoms with Crippen LogP contribution < -0.4 is 5.32 Å². The predicted molar refractivity (Wildman–Crippen MR) is 142 cm³/mol. The van der Waals surface area contributed by atoms with Crippen molar-refractivity contribution in [2.24, 2.45) is 0 Å². The Morgan fingerprint density at radius 1 is 1.02 bits per heavy atom. The average Bonchev–Trinajstić information content (AvgIpc) is 2.90. The van der Waals surface area contributed by atoms with Gasteiger partial charge in [-0.1, -0.05) is 35.9 Å². The van der Waals surface area contributed by atoms with Crippen molar-refractivity contribution >= 4 is 33.4 Å². The molecule has 1 N–H and O–H groups in total. The topological polar surface area (TPSA) is 86.8 Å². The fraction of sp³-hybridized carbons (Fsp3) is 0.407. The van der Waals surface area contributed by atoms with Crippen molar-refractivity contribution in [3.8, 4) is 11.1 Å². The molecule has 42 heavy (non-hydrogen) atoms. The number of nitrogens with one attached hydrogen (secondary N) is 1. The summed E-state index contributed by atoms with van der Waals surface area (Å²) in [6.07, 6.45) is -3.62. The van der Waals surface area contributed by atoms with Crippen molar-refractivity contribution in [3.05, 3.63) is 65.2 Å². The second-order valence-corrected chi connectivity index (χ2v) is 12.5. The Morgan fingerprint density at radius 2 is 1.64 bits per heavy atom. The van der Waals surface area contributed by atoms with E-state index >= 15 is 4.39 Å². The summed E-state index contributed by atoms with van der Waals surface area (Å²) in [6.45, 7) is -0.870. The van der Waals surface area contributed by atoms with Crippen LogP contribution in [0, 0.1) is 0 Å². The number of halogens is 7. The highest BCUT2D eigenvalue weighted by atomic mass is 35.5. The number of carbonyl (C=O) groups excluding carboxylic acids is 2. The molecule has 0 spiro atoms. The molecular weight excluding hydrogens is 612 g/mol. The number of amides is 2. The van der Waals surface area contributed by atoms with Crippen LogP contribution >= 0.6 is 11.6 Å². The molecule has 2 heterocycles. The maximum absolute atomic E-state index is 15.6. The molecule has 7 nitrogen and oxygen atoms in total. The van der Waals surface area contributed by atoms with E-state index in [4.69, 9.17) is 11.6 Å². The normalized spacial score (nSPS) is 19.8. The molecule has 2 fully saturated rings. The van der Waals surface area contributed by atoms with Gasteiger partial charge in [-0.2, -0.15) is 17.5 Å². The maximum atomic E-state index is 15.6. The highest BCUT2D eigenvalue weighted by molar-refractivity contribution is 7.89. The van der Waals surface area contributed by atoms with Crippen LogP contribution in [0.3, 0.4) is 0 Å². The Balaban J connectivity index is 1.46. The molecule has 228 valence electrons. The Labute approximate surface area is 243 Å². The van der Waals surface area contributed by atoms with Crippen molar-refractivity contribution in [1.82, 2.24) is 14.5 Å². The minimum absolute atomic E-state index is 0.0269. The van der Waals surface area contributed by atoms with Gasteiger partial charge in [-0.05, 0) is 31.2 Å². The van der Waals surface area contributed by atoms with E-state index in [0.29, 0.717) is 12.1 Å². The molecule has 2 aliphatic heterocycles. The van der Waals surface area contributed by atoms with Crippen LogP contribution in [0.5, 0.6) is 0 Å². The van der Waals surface area contributed by atoms with Crippen LogP contribution in [0.15, 0.2) is 59.5 Å². The monoisotopic (exact) mass is 637 g/mol. The van der Waals surface area contributed by atoms with Crippen LogP contribution in [0.2, 0.25) is 5.02 Å². The smallest absolute Gasteiger partial charge is 0.347 e. The lowest BCUT2D eigenvalue weighted by Crippen LogP contribution is -2.58. The number of sulfonamides is 1.